The van der Waals surface area contributed by atoms with Crippen LogP contribution >= 0.6 is 0 Å². The number of hydrogen-bond acceptors (Lipinski definition) is 4. The first-order valence-electron chi connectivity index (χ1n) is 4.83. The van der Waals surface area contributed by atoms with Crippen LogP contribution in [0.1, 0.15) is 19.8 Å². The maximum absolute atomic E-state index is 8.80. The largest absolute Gasteiger partial charge is 0.395 e. The smallest absolute Gasteiger partial charge is 0.132 e. The summed E-state index contributed by atoms with van der Waals surface area (Å²) in [5.41, 5.74) is 0. The summed E-state index contributed by atoms with van der Waals surface area (Å²) in [7, 11) is 0. The molecule has 4 nitrogen and oxygen atoms in total. The van der Waals surface area contributed by atoms with Gasteiger partial charge in [-0.3, -0.25) is 4.90 Å². The van der Waals surface area contributed by atoms with Gasteiger partial charge in [0.25, 0.3) is 0 Å². The molecule has 0 bridgehead atoms. The third-order valence-electron chi connectivity index (χ3n) is 2.33. The van der Waals surface area contributed by atoms with Crippen molar-refractivity contribution in [3.8, 4) is 0 Å². The van der Waals surface area contributed by atoms with Gasteiger partial charge < -0.3 is 9.94 Å². The summed E-state index contributed by atoms with van der Waals surface area (Å²) < 4.78 is 0. The molecule has 4 heteroatoms. The Morgan fingerprint density at radius 1 is 1.69 bits per heavy atom. The predicted octanol–water partition coefficient (Wildman–Crippen LogP) is 0.465. The first kappa shape index (κ1) is 10.5. The number of β-amino-alcohol motifs (C(OH)–C–C–N with tert-alkyl or cyclic N) is 1. The van der Waals surface area contributed by atoms with Gasteiger partial charge in [0.2, 0.25) is 0 Å². The molecule has 0 radical (unpaired) electrons. The van der Waals surface area contributed by atoms with E-state index >= 15 is 0 Å². The van der Waals surface area contributed by atoms with Gasteiger partial charge in [0.1, 0.15) is 6.61 Å². The maximum Gasteiger partial charge on any atom is 0.132 e. The lowest BCUT2D eigenvalue weighted by Gasteiger charge is -2.21. The van der Waals surface area contributed by atoms with Crippen molar-refractivity contribution in [3.63, 3.8) is 0 Å². The second kappa shape index (κ2) is 5.94. The summed E-state index contributed by atoms with van der Waals surface area (Å²) in [5, 5.41) is 12.5. The standard InChI is InChI=1S/C9H18N2O2/c1-2-10-13-8-9-4-3-5-11(9)6-7-12/h2,9,12H,3-8H2,1H3/b10-2+/t9-/m0/s1. The molecular weight excluding hydrogens is 168 g/mol. The molecule has 0 saturated carbocycles. The highest BCUT2D eigenvalue weighted by molar-refractivity contribution is 5.52. The van der Waals surface area contributed by atoms with Crippen LogP contribution in [0.3, 0.4) is 0 Å². The van der Waals surface area contributed by atoms with Gasteiger partial charge in [-0.25, -0.2) is 0 Å². The van der Waals surface area contributed by atoms with E-state index in [1.165, 1.54) is 6.42 Å². The molecule has 1 saturated heterocycles. The minimum Gasteiger partial charge on any atom is -0.395 e. The molecule has 13 heavy (non-hydrogen) atoms. The molecule has 1 rings (SSSR count). The van der Waals surface area contributed by atoms with Crippen LogP contribution in [0.15, 0.2) is 5.16 Å². The number of aliphatic hydroxyl groups is 1. The molecule has 0 aromatic carbocycles. The van der Waals surface area contributed by atoms with Crippen molar-refractivity contribution in [2.45, 2.75) is 25.8 Å². The molecule has 1 N–H and O–H groups in total. The highest BCUT2D eigenvalue weighted by Crippen LogP contribution is 2.16. The number of aliphatic hydroxyl groups excluding tert-OH is 1. The molecule has 0 aromatic heterocycles. The molecule has 0 aliphatic carbocycles. The molecule has 0 spiro atoms. The van der Waals surface area contributed by atoms with E-state index in [0.29, 0.717) is 12.6 Å². The normalized spacial score (nSPS) is 24.3. The minimum absolute atomic E-state index is 0.230. The van der Waals surface area contributed by atoms with Crippen LogP contribution in [0, 0.1) is 0 Å². The van der Waals surface area contributed by atoms with E-state index < -0.39 is 0 Å². The van der Waals surface area contributed by atoms with E-state index in [-0.39, 0.29) is 6.61 Å². The molecule has 0 amide bonds. The summed E-state index contributed by atoms with van der Waals surface area (Å²) >= 11 is 0. The molecule has 0 aromatic rings. The molecule has 1 fully saturated rings. The van der Waals surface area contributed by atoms with Crippen molar-refractivity contribution in [3.05, 3.63) is 0 Å². The lowest BCUT2D eigenvalue weighted by atomic mass is 10.2. The Labute approximate surface area is 79.2 Å². The van der Waals surface area contributed by atoms with E-state index in [2.05, 4.69) is 10.1 Å². The number of rotatable bonds is 5. The molecule has 1 aliphatic rings. The van der Waals surface area contributed by atoms with Gasteiger partial charge in [-0.2, -0.15) is 0 Å². The fourth-order valence-corrected chi connectivity index (χ4v) is 1.71. The Hall–Kier alpha value is -0.610. The zero-order valence-electron chi connectivity index (χ0n) is 8.15. The fourth-order valence-electron chi connectivity index (χ4n) is 1.71. The molecule has 0 unspecified atom stereocenters. The van der Waals surface area contributed by atoms with Gasteiger partial charge in [0, 0.05) is 18.8 Å². The van der Waals surface area contributed by atoms with Crippen molar-refractivity contribution >= 4 is 6.21 Å². The van der Waals surface area contributed by atoms with Crippen molar-refractivity contribution in [1.29, 1.82) is 0 Å². The molecule has 1 heterocycles. The summed E-state index contributed by atoms with van der Waals surface area (Å²) in [6.07, 6.45) is 3.99. The van der Waals surface area contributed by atoms with Crippen LogP contribution in [0.5, 0.6) is 0 Å². The Morgan fingerprint density at radius 3 is 3.23 bits per heavy atom. The van der Waals surface area contributed by atoms with Crippen LogP contribution in [-0.2, 0) is 4.84 Å². The number of hydrogen-bond donors (Lipinski definition) is 1. The Bertz CT molecular complexity index is 162. The van der Waals surface area contributed by atoms with Gasteiger partial charge in [-0.15, -0.1) is 0 Å². The topological polar surface area (TPSA) is 45.1 Å². The number of oxime groups is 1. The van der Waals surface area contributed by atoms with E-state index in [1.54, 1.807) is 6.21 Å². The summed E-state index contributed by atoms with van der Waals surface area (Å²) in [6, 6.07) is 0.441. The van der Waals surface area contributed by atoms with Crippen molar-refractivity contribution < 1.29 is 9.94 Å². The second-order valence-corrected chi connectivity index (χ2v) is 3.22. The Kier molecular flexibility index (Phi) is 4.78. The van der Waals surface area contributed by atoms with E-state index in [1.807, 2.05) is 6.92 Å². The van der Waals surface area contributed by atoms with Gasteiger partial charge in [-0.05, 0) is 26.3 Å². The van der Waals surface area contributed by atoms with Crippen LogP contribution in [0.4, 0.5) is 0 Å². The van der Waals surface area contributed by atoms with Gasteiger partial charge in [0.15, 0.2) is 0 Å². The monoisotopic (exact) mass is 186 g/mol. The fraction of sp³-hybridized carbons (Fsp3) is 0.889. The summed E-state index contributed by atoms with van der Waals surface area (Å²) in [4.78, 5) is 7.34. The lowest BCUT2D eigenvalue weighted by molar-refractivity contribution is 0.0752. The van der Waals surface area contributed by atoms with Gasteiger partial charge in [0.05, 0.1) is 6.61 Å². The molecular formula is C9H18N2O2. The van der Waals surface area contributed by atoms with E-state index in [4.69, 9.17) is 9.94 Å². The number of likely N-dealkylation sites (tertiary alicyclic amines) is 1. The van der Waals surface area contributed by atoms with Gasteiger partial charge >= 0.3 is 0 Å². The average molecular weight is 186 g/mol. The Morgan fingerprint density at radius 2 is 2.54 bits per heavy atom. The zero-order valence-corrected chi connectivity index (χ0v) is 8.15. The zero-order chi connectivity index (χ0) is 9.52. The highest BCUT2D eigenvalue weighted by Gasteiger charge is 2.24. The van der Waals surface area contributed by atoms with Crippen LogP contribution in [0.2, 0.25) is 0 Å². The summed E-state index contributed by atoms with van der Waals surface area (Å²) in [6.45, 7) is 4.53. The minimum atomic E-state index is 0.230. The van der Waals surface area contributed by atoms with Crippen LogP contribution in [-0.4, -0.2) is 48.6 Å². The second-order valence-electron chi connectivity index (χ2n) is 3.22. The van der Waals surface area contributed by atoms with E-state index in [0.717, 1.165) is 19.5 Å². The predicted molar refractivity (Wildman–Crippen MR) is 51.8 cm³/mol. The molecule has 1 aliphatic heterocycles. The Balaban J connectivity index is 2.22. The molecule has 1 atom stereocenters. The molecule has 76 valence electrons. The van der Waals surface area contributed by atoms with Crippen molar-refractivity contribution in [1.82, 2.24) is 4.90 Å². The first-order valence-corrected chi connectivity index (χ1v) is 4.83. The van der Waals surface area contributed by atoms with Gasteiger partial charge in [-0.1, -0.05) is 5.16 Å². The SMILES string of the molecule is C/C=N/OC[C@@H]1CCCN1CCO. The third-order valence-corrected chi connectivity index (χ3v) is 2.33. The quantitative estimate of drug-likeness (QED) is 0.501. The average Bonchev–Trinajstić information content (AvgIpc) is 2.54. The first-order chi connectivity index (χ1) is 6.38. The van der Waals surface area contributed by atoms with Crippen molar-refractivity contribution in [2.24, 2.45) is 5.16 Å². The third kappa shape index (κ3) is 3.32. The summed E-state index contributed by atoms with van der Waals surface area (Å²) in [5.74, 6) is 0. The van der Waals surface area contributed by atoms with E-state index in [9.17, 15) is 0 Å². The lowest BCUT2D eigenvalue weighted by Crippen LogP contribution is -2.34. The maximum atomic E-state index is 8.80. The number of nitrogens with zero attached hydrogens (tertiary/aromatic N) is 2. The van der Waals surface area contributed by atoms with Crippen molar-refractivity contribution in [2.75, 3.05) is 26.3 Å². The van der Waals surface area contributed by atoms with Crippen LogP contribution in [0.25, 0.3) is 0 Å². The van der Waals surface area contributed by atoms with Crippen LogP contribution < -0.4 is 0 Å². The highest BCUT2D eigenvalue weighted by atomic mass is 16.6.